The van der Waals surface area contributed by atoms with Crippen molar-refractivity contribution in [3.8, 4) is 0 Å². The number of thioether (sulfide) groups is 1. The van der Waals surface area contributed by atoms with Gasteiger partial charge in [-0.05, 0) is 26.3 Å². The van der Waals surface area contributed by atoms with Gasteiger partial charge in [0.25, 0.3) is 11.8 Å². The highest BCUT2D eigenvalue weighted by Crippen LogP contribution is 2.35. The number of thiazole rings is 1. The normalized spacial score (nSPS) is 22.1. The topological polar surface area (TPSA) is 147 Å². The molecule has 2 amide bonds. The maximum absolute atomic E-state index is 12.8. The summed E-state index contributed by atoms with van der Waals surface area (Å²) < 4.78 is 0. The van der Waals surface area contributed by atoms with E-state index >= 15 is 0 Å². The zero-order valence-electron chi connectivity index (χ0n) is 15.3. The third kappa shape index (κ3) is 3.83. The minimum absolute atomic E-state index is 0.136. The second kappa shape index (κ2) is 7.43. The smallest absolute Gasteiger partial charge is 0.350 e. The summed E-state index contributed by atoms with van der Waals surface area (Å²) in [5, 5.41) is 17.0. The fourth-order valence-electron chi connectivity index (χ4n) is 2.43. The number of fused-ring (bicyclic) bond motifs is 1. The average molecular weight is 425 g/mol. The number of hydrogen-bond acceptors (Lipinski definition) is 9. The van der Waals surface area contributed by atoms with Gasteiger partial charge in [0.05, 0.1) is 0 Å². The van der Waals surface area contributed by atoms with E-state index in [1.54, 1.807) is 22.9 Å². The second-order valence-corrected chi connectivity index (χ2v) is 8.79. The molecule has 0 spiro atoms. The van der Waals surface area contributed by atoms with Crippen LogP contribution in [0.3, 0.4) is 0 Å². The SMILES string of the molecule is CC1=CN2C(=O)[C@@H](NC(=O)C(=NOC(C)(C)C(=O)O)c3csc(N)n3)[C@H]2SC1. The molecule has 0 radical (unpaired) electrons. The van der Waals surface area contributed by atoms with E-state index < -0.39 is 23.5 Å². The van der Waals surface area contributed by atoms with Crippen LogP contribution in [0.15, 0.2) is 22.3 Å². The summed E-state index contributed by atoms with van der Waals surface area (Å²) >= 11 is 2.64. The Hall–Kier alpha value is -2.60. The molecule has 4 N–H and O–H groups in total. The van der Waals surface area contributed by atoms with Gasteiger partial charge in [0, 0.05) is 17.3 Å². The molecule has 3 heterocycles. The van der Waals surface area contributed by atoms with Gasteiger partial charge in [-0.3, -0.25) is 9.59 Å². The van der Waals surface area contributed by atoms with Crippen LogP contribution in [0.25, 0.3) is 0 Å². The van der Waals surface area contributed by atoms with Crippen molar-refractivity contribution in [2.75, 3.05) is 11.5 Å². The number of nitrogen functional groups attached to an aromatic ring is 1. The third-order valence-corrected chi connectivity index (χ3v) is 6.20. The number of rotatable bonds is 6. The number of carbonyl (C=O) groups excluding carboxylic acids is 2. The van der Waals surface area contributed by atoms with E-state index in [0.29, 0.717) is 0 Å². The van der Waals surface area contributed by atoms with Crippen molar-refractivity contribution in [1.29, 1.82) is 0 Å². The molecule has 0 aromatic carbocycles. The summed E-state index contributed by atoms with van der Waals surface area (Å²) in [5.41, 5.74) is 4.93. The van der Waals surface area contributed by atoms with E-state index in [0.717, 1.165) is 22.7 Å². The molecule has 2 aliphatic heterocycles. The molecule has 150 valence electrons. The Morgan fingerprint density at radius 3 is 2.82 bits per heavy atom. The van der Waals surface area contributed by atoms with Gasteiger partial charge in [-0.2, -0.15) is 0 Å². The summed E-state index contributed by atoms with van der Waals surface area (Å²) in [6.07, 6.45) is 1.78. The van der Waals surface area contributed by atoms with Gasteiger partial charge < -0.3 is 25.9 Å². The Morgan fingerprint density at radius 1 is 1.50 bits per heavy atom. The molecule has 0 aliphatic carbocycles. The molecular formula is C16H19N5O5S2. The highest BCUT2D eigenvalue weighted by atomic mass is 32.2. The lowest BCUT2D eigenvalue weighted by Gasteiger charge is -2.47. The van der Waals surface area contributed by atoms with Crippen LogP contribution in [-0.4, -0.2) is 61.3 Å². The predicted molar refractivity (Wildman–Crippen MR) is 105 cm³/mol. The van der Waals surface area contributed by atoms with Crippen LogP contribution in [0.1, 0.15) is 26.5 Å². The Bertz CT molecular complexity index is 894. The van der Waals surface area contributed by atoms with Crippen LogP contribution >= 0.6 is 23.1 Å². The predicted octanol–water partition coefficient (Wildman–Crippen LogP) is 0.613. The molecule has 28 heavy (non-hydrogen) atoms. The molecule has 0 unspecified atom stereocenters. The minimum atomic E-state index is -1.66. The molecule has 12 heteroatoms. The number of amides is 2. The van der Waals surface area contributed by atoms with Gasteiger partial charge in [-0.15, -0.1) is 23.1 Å². The molecule has 1 aromatic rings. The molecule has 3 rings (SSSR count). The fourth-order valence-corrected chi connectivity index (χ4v) is 4.19. The average Bonchev–Trinajstić information content (AvgIpc) is 3.05. The fraction of sp³-hybridized carbons (Fsp3) is 0.438. The van der Waals surface area contributed by atoms with Gasteiger partial charge in [0.15, 0.2) is 10.8 Å². The van der Waals surface area contributed by atoms with E-state index in [-0.39, 0.29) is 27.8 Å². The standard InChI is InChI=1S/C16H19N5O5S2/c1-7-4-21-12(23)10(13(21)27-5-7)19-11(22)9(8-6-28-15(17)18-8)20-26-16(2,3)14(24)25/h4,6,10,13H,5H2,1-3H3,(H2,17,18)(H,19,22)(H,24,25)/t10-,13-/m1/s1. The lowest BCUT2D eigenvalue weighted by atomic mass is 10.1. The van der Waals surface area contributed by atoms with Crippen molar-refractivity contribution < 1.29 is 24.3 Å². The molecule has 0 bridgehead atoms. The van der Waals surface area contributed by atoms with Crippen LogP contribution < -0.4 is 11.1 Å². The maximum Gasteiger partial charge on any atom is 0.350 e. The van der Waals surface area contributed by atoms with E-state index in [1.165, 1.54) is 19.2 Å². The van der Waals surface area contributed by atoms with Crippen LogP contribution in [0, 0.1) is 0 Å². The number of nitrogens with one attached hydrogen (secondary N) is 1. The van der Waals surface area contributed by atoms with Crippen molar-refractivity contribution >= 4 is 51.7 Å². The van der Waals surface area contributed by atoms with Gasteiger partial charge in [-0.1, -0.05) is 5.16 Å². The van der Waals surface area contributed by atoms with Crippen molar-refractivity contribution in [2.24, 2.45) is 5.16 Å². The van der Waals surface area contributed by atoms with Crippen molar-refractivity contribution in [1.82, 2.24) is 15.2 Å². The number of nitrogens with two attached hydrogens (primary N) is 1. The molecule has 1 fully saturated rings. The summed E-state index contributed by atoms with van der Waals surface area (Å²) in [7, 11) is 0. The summed E-state index contributed by atoms with van der Waals surface area (Å²) in [4.78, 5) is 47.0. The Morgan fingerprint density at radius 2 is 2.21 bits per heavy atom. The number of carboxylic acid groups (broad SMARTS) is 1. The number of nitrogens with zero attached hydrogens (tertiary/aromatic N) is 3. The summed E-state index contributed by atoms with van der Waals surface area (Å²) in [6.45, 7) is 4.52. The van der Waals surface area contributed by atoms with Gasteiger partial charge in [-0.25, -0.2) is 9.78 Å². The highest BCUT2D eigenvalue weighted by molar-refractivity contribution is 8.00. The number of aromatic nitrogens is 1. The highest BCUT2D eigenvalue weighted by Gasteiger charge is 2.49. The van der Waals surface area contributed by atoms with Crippen LogP contribution in [-0.2, 0) is 19.2 Å². The second-order valence-electron chi connectivity index (χ2n) is 6.79. The Labute approximate surface area is 168 Å². The number of carbonyl (C=O) groups is 3. The zero-order valence-corrected chi connectivity index (χ0v) is 17.0. The Balaban J connectivity index is 1.80. The van der Waals surface area contributed by atoms with E-state index in [4.69, 9.17) is 15.7 Å². The number of β-lactam (4-membered cyclic amide) rings is 1. The van der Waals surface area contributed by atoms with Crippen molar-refractivity contribution in [3.63, 3.8) is 0 Å². The lowest BCUT2D eigenvalue weighted by Crippen LogP contribution is -2.69. The lowest BCUT2D eigenvalue weighted by molar-refractivity contribution is -0.161. The number of oxime groups is 1. The number of hydrogen-bond donors (Lipinski definition) is 3. The van der Waals surface area contributed by atoms with Gasteiger partial charge in [0.1, 0.15) is 17.1 Å². The first-order chi connectivity index (χ1) is 13.1. The summed E-state index contributed by atoms with van der Waals surface area (Å²) in [6, 6.07) is -0.712. The van der Waals surface area contributed by atoms with E-state index in [9.17, 15) is 14.4 Å². The van der Waals surface area contributed by atoms with Crippen molar-refractivity contribution in [3.05, 3.63) is 22.8 Å². The molecule has 10 nitrogen and oxygen atoms in total. The monoisotopic (exact) mass is 425 g/mol. The number of carboxylic acids is 1. The minimum Gasteiger partial charge on any atom is -0.478 e. The third-order valence-electron chi connectivity index (χ3n) is 4.07. The van der Waals surface area contributed by atoms with Gasteiger partial charge >= 0.3 is 5.97 Å². The molecule has 0 saturated carbocycles. The number of aliphatic carboxylic acids is 1. The molecule has 1 aromatic heterocycles. The van der Waals surface area contributed by atoms with E-state index in [2.05, 4.69) is 15.5 Å². The largest absolute Gasteiger partial charge is 0.478 e. The van der Waals surface area contributed by atoms with Crippen molar-refractivity contribution in [2.45, 2.75) is 37.8 Å². The number of anilines is 1. The maximum atomic E-state index is 12.8. The van der Waals surface area contributed by atoms with Gasteiger partial charge in [0.2, 0.25) is 5.60 Å². The molecule has 1 saturated heterocycles. The van der Waals surface area contributed by atoms with Crippen LogP contribution in [0.4, 0.5) is 5.13 Å². The first kappa shape index (κ1) is 20.1. The molecule has 2 aliphatic rings. The first-order valence-electron chi connectivity index (χ1n) is 8.23. The Kier molecular flexibility index (Phi) is 5.35. The van der Waals surface area contributed by atoms with E-state index in [1.807, 2.05) is 6.92 Å². The zero-order chi connectivity index (χ0) is 20.6. The molecule has 2 atom stereocenters. The summed E-state index contributed by atoms with van der Waals surface area (Å²) in [5.74, 6) is -1.41. The first-order valence-corrected chi connectivity index (χ1v) is 10.2. The quantitative estimate of drug-likeness (QED) is 0.341. The molecular weight excluding hydrogens is 406 g/mol. The van der Waals surface area contributed by atoms with Crippen LogP contribution in [0.2, 0.25) is 0 Å². The van der Waals surface area contributed by atoms with Crippen LogP contribution in [0.5, 0.6) is 0 Å².